The highest BCUT2D eigenvalue weighted by Crippen LogP contribution is 2.18. The molecule has 0 aliphatic carbocycles. The third-order valence-corrected chi connectivity index (χ3v) is 1.77. The lowest BCUT2D eigenvalue weighted by atomic mass is 10.3. The van der Waals surface area contributed by atoms with Crippen LogP contribution in [0.3, 0.4) is 0 Å². The third kappa shape index (κ3) is 4.66. The van der Waals surface area contributed by atoms with E-state index in [1.807, 2.05) is 0 Å². The normalized spacial score (nSPS) is 9.76. The fourth-order valence-corrected chi connectivity index (χ4v) is 1.06. The molecule has 2 amide bonds. The number of nitrogens with one attached hydrogen (secondary N) is 2. The average molecular weight is 263 g/mol. The van der Waals surface area contributed by atoms with E-state index in [0.29, 0.717) is 0 Å². The first-order valence-corrected chi connectivity index (χ1v) is 4.72. The van der Waals surface area contributed by atoms with Crippen molar-refractivity contribution >= 4 is 29.3 Å². The van der Waals surface area contributed by atoms with Gasteiger partial charge in [0, 0.05) is 5.02 Å². The van der Waals surface area contributed by atoms with Crippen LogP contribution in [0.2, 0.25) is 5.02 Å². The zero-order valence-corrected chi connectivity index (χ0v) is 9.12. The summed E-state index contributed by atoms with van der Waals surface area (Å²) in [4.78, 5) is 25.4. The maximum absolute atomic E-state index is 13.2. The summed E-state index contributed by atoms with van der Waals surface area (Å²) >= 11 is 5.51. The van der Waals surface area contributed by atoms with Gasteiger partial charge in [0.15, 0.2) is 6.61 Å². The molecule has 17 heavy (non-hydrogen) atoms. The Morgan fingerprint density at radius 1 is 1.47 bits per heavy atom. The minimum atomic E-state index is -1.25. The molecule has 0 heterocycles. The third-order valence-electron chi connectivity index (χ3n) is 1.54. The van der Waals surface area contributed by atoms with Gasteiger partial charge in [-0.2, -0.15) is 0 Å². The van der Waals surface area contributed by atoms with Gasteiger partial charge in [0.05, 0.1) is 5.69 Å². The predicted octanol–water partition coefficient (Wildman–Crippen LogP) is 1.62. The predicted molar refractivity (Wildman–Crippen MR) is 57.2 cm³/mol. The Hall–Kier alpha value is -1.86. The smallest absolute Gasteiger partial charge is 0.343 e. The first kappa shape index (κ1) is 13.2. The monoisotopic (exact) mass is 262 g/mol. The molecule has 0 atom stereocenters. The van der Waals surface area contributed by atoms with Gasteiger partial charge in [0.2, 0.25) is 0 Å². The van der Waals surface area contributed by atoms with Crippen molar-refractivity contribution in [1.29, 1.82) is 0 Å². The zero-order chi connectivity index (χ0) is 12.8. The molecule has 0 fully saturated rings. The van der Waals surface area contributed by atoms with Gasteiger partial charge in [-0.25, -0.2) is 19.5 Å². The number of benzene rings is 1. The number of hydrogen-bond acceptors (Lipinski definition) is 3. The van der Waals surface area contributed by atoms with Crippen molar-refractivity contribution in [3.8, 4) is 0 Å². The van der Waals surface area contributed by atoms with E-state index in [2.05, 4.69) is 10.2 Å². The van der Waals surface area contributed by atoms with Gasteiger partial charge in [-0.15, -0.1) is 0 Å². The molecule has 3 N–H and O–H groups in total. The van der Waals surface area contributed by atoms with Gasteiger partial charge in [0.25, 0.3) is 0 Å². The molecule has 1 aromatic rings. The van der Waals surface area contributed by atoms with Gasteiger partial charge < -0.3 is 10.4 Å². The fourth-order valence-electron chi connectivity index (χ4n) is 0.902. The van der Waals surface area contributed by atoms with E-state index in [-0.39, 0.29) is 10.7 Å². The van der Waals surface area contributed by atoms with Crippen molar-refractivity contribution in [2.45, 2.75) is 0 Å². The van der Waals surface area contributed by atoms with Crippen molar-refractivity contribution in [2.24, 2.45) is 0 Å². The van der Waals surface area contributed by atoms with Crippen LogP contribution in [-0.2, 0) is 9.63 Å². The molecule has 8 heteroatoms. The van der Waals surface area contributed by atoms with Crippen molar-refractivity contribution in [2.75, 3.05) is 11.9 Å². The summed E-state index contributed by atoms with van der Waals surface area (Å²) in [5.74, 6) is -1.96. The molecule has 0 aliphatic rings. The van der Waals surface area contributed by atoms with E-state index < -0.39 is 24.4 Å². The van der Waals surface area contributed by atoms with Gasteiger partial charge in [-0.05, 0) is 18.2 Å². The summed E-state index contributed by atoms with van der Waals surface area (Å²) in [7, 11) is 0. The number of amides is 2. The Kier molecular flexibility index (Phi) is 4.68. The van der Waals surface area contributed by atoms with Crippen LogP contribution in [0.25, 0.3) is 0 Å². The van der Waals surface area contributed by atoms with Crippen LogP contribution in [-0.4, -0.2) is 23.7 Å². The number of carboxylic acids is 1. The number of anilines is 1. The Morgan fingerprint density at radius 3 is 2.76 bits per heavy atom. The van der Waals surface area contributed by atoms with Crippen LogP contribution >= 0.6 is 11.6 Å². The van der Waals surface area contributed by atoms with E-state index in [0.717, 1.165) is 6.07 Å². The second-order valence-corrected chi connectivity index (χ2v) is 3.30. The molecule has 1 rings (SSSR count). The van der Waals surface area contributed by atoms with Crippen molar-refractivity contribution in [3.05, 3.63) is 29.0 Å². The van der Waals surface area contributed by atoms with E-state index in [9.17, 15) is 14.0 Å². The van der Waals surface area contributed by atoms with Crippen molar-refractivity contribution < 1.29 is 23.9 Å². The lowest BCUT2D eigenvalue weighted by molar-refractivity contribution is -0.143. The zero-order valence-electron chi connectivity index (χ0n) is 8.37. The van der Waals surface area contributed by atoms with Crippen LogP contribution in [0.4, 0.5) is 14.9 Å². The van der Waals surface area contributed by atoms with Crippen LogP contribution < -0.4 is 10.8 Å². The number of aliphatic carboxylic acids is 1. The van der Waals surface area contributed by atoms with Gasteiger partial charge in [-0.3, -0.25) is 4.84 Å². The maximum Gasteiger partial charge on any atom is 0.343 e. The molecular formula is C9H8ClFN2O4. The number of rotatable bonds is 4. The van der Waals surface area contributed by atoms with E-state index in [4.69, 9.17) is 16.7 Å². The molecule has 0 radical (unpaired) electrons. The molecule has 1 aromatic carbocycles. The second kappa shape index (κ2) is 6.02. The highest BCUT2D eigenvalue weighted by atomic mass is 35.5. The van der Waals surface area contributed by atoms with Crippen LogP contribution in [0.15, 0.2) is 18.2 Å². The van der Waals surface area contributed by atoms with Gasteiger partial charge in [0.1, 0.15) is 5.82 Å². The minimum absolute atomic E-state index is 0.106. The summed E-state index contributed by atoms with van der Waals surface area (Å²) in [6, 6.07) is 2.77. The second-order valence-electron chi connectivity index (χ2n) is 2.86. The fraction of sp³-hybridized carbons (Fsp3) is 0.111. The molecule has 0 saturated heterocycles. The number of carbonyl (C=O) groups is 2. The molecule has 0 aliphatic heterocycles. The SMILES string of the molecule is O=C(O)CONC(=O)Nc1ccc(Cl)cc1F. The van der Waals surface area contributed by atoms with Crippen LogP contribution in [0, 0.1) is 5.82 Å². The van der Waals surface area contributed by atoms with Gasteiger partial charge >= 0.3 is 12.0 Å². The first-order valence-electron chi connectivity index (χ1n) is 4.34. The number of carbonyl (C=O) groups excluding carboxylic acids is 1. The molecule has 6 nitrogen and oxygen atoms in total. The molecule has 0 aromatic heterocycles. The lowest BCUT2D eigenvalue weighted by Crippen LogP contribution is -2.31. The van der Waals surface area contributed by atoms with E-state index >= 15 is 0 Å². The maximum atomic E-state index is 13.2. The first-order chi connectivity index (χ1) is 7.99. The molecule has 0 saturated carbocycles. The Morgan fingerprint density at radius 2 is 2.18 bits per heavy atom. The summed E-state index contributed by atoms with van der Waals surface area (Å²) in [6.45, 7) is -0.698. The van der Waals surface area contributed by atoms with Crippen molar-refractivity contribution in [1.82, 2.24) is 5.48 Å². The number of carboxylic acid groups (broad SMARTS) is 1. The number of halogens is 2. The molecular weight excluding hydrogens is 255 g/mol. The molecule has 0 spiro atoms. The van der Waals surface area contributed by atoms with E-state index in [1.54, 1.807) is 5.48 Å². The molecule has 0 bridgehead atoms. The molecule has 92 valence electrons. The Bertz CT molecular complexity index is 441. The highest BCUT2D eigenvalue weighted by molar-refractivity contribution is 6.30. The lowest BCUT2D eigenvalue weighted by Gasteiger charge is -2.07. The summed E-state index contributed by atoms with van der Waals surface area (Å²) in [5.41, 5.74) is 1.67. The minimum Gasteiger partial charge on any atom is -0.479 e. The Labute approximate surface area is 100 Å². The van der Waals surface area contributed by atoms with Crippen LogP contribution in [0.5, 0.6) is 0 Å². The molecule has 0 unspecified atom stereocenters. The van der Waals surface area contributed by atoms with E-state index in [1.165, 1.54) is 12.1 Å². The number of urea groups is 1. The highest BCUT2D eigenvalue weighted by Gasteiger charge is 2.07. The van der Waals surface area contributed by atoms with Crippen molar-refractivity contribution in [3.63, 3.8) is 0 Å². The van der Waals surface area contributed by atoms with Gasteiger partial charge in [-0.1, -0.05) is 11.6 Å². The quantitative estimate of drug-likeness (QED) is 0.720. The topological polar surface area (TPSA) is 87.7 Å². The Balaban J connectivity index is 2.48. The number of hydrogen-bond donors (Lipinski definition) is 3. The average Bonchev–Trinajstić information content (AvgIpc) is 2.21. The summed E-state index contributed by atoms with van der Waals surface area (Å²) in [5, 5.41) is 10.5. The standard InChI is InChI=1S/C9H8ClFN2O4/c10-5-1-2-7(6(11)3-5)12-9(16)13-17-4-8(14)15/h1-3H,4H2,(H,14,15)(H2,12,13,16). The summed E-state index contributed by atoms with van der Waals surface area (Å²) in [6.07, 6.45) is 0. The summed E-state index contributed by atoms with van der Waals surface area (Å²) < 4.78 is 13.2. The number of hydroxylamine groups is 1. The largest absolute Gasteiger partial charge is 0.479 e. The van der Waals surface area contributed by atoms with Crippen LogP contribution in [0.1, 0.15) is 0 Å².